The summed E-state index contributed by atoms with van der Waals surface area (Å²) in [5, 5.41) is 3.45. The van der Waals surface area contributed by atoms with Gasteiger partial charge in [-0.2, -0.15) is 0 Å². The number of amides is 1. The first-order valence-corrected chi connectivity index (χ1v) is 7.77. The van der Waals surface area contributed by atoms with Crippen LogP contribution in [-0.2, 0) is 0 Å². The first kappa shape index (κ1) is 16.6. The molecule has 0 aliphatic carbocycles. The third-order valence-electron chi connectivity index (χ3n) is 2.89. The van der Waals surface area contributed by atoms with Crippen molar-refractivity contribution in [2.75, 3.05) is 20.3 Å². The predicted octanol–water partition coefficient (Wildman–Crippen LogP) is 3.92. The molecule has 2 rings (SSSR count). The highest BCUT2D eigenvalue weighted by atomic mass is 79.9. The minimum atomic E-state index is -0.189. The molecule has 0 spiro atoms. The lowest BCUT2D eigenvalue weighted by Crippen LogP contribution is -2.28. The van der Waals surface area contributed by atoms with Crippen LogP contribution in [-0.4, -0.2) is 26.2 Å². The van der Waals surface area contributed by atoms with Crippen molar-refractivity contribution in [3.63, 3.8) is 0 Å². The number of halogens is 2. The van der Waals surface area contributed by atoms with Crippen molar-refractivity contribution in [3.8, 4) is 11.5 Å². The van der Waals surface area contributed by atoms with Crippen LogP contribution in [0.3, 0.4) is 0 Å². The van der Waals surface area contributed by atoms with E-state index in [9.17, 15) is 4.79 Å². The van der Waals surface area contributed by atoms with E-state index < -0.39 is 0 Å². The second kappa shape index (κ2) is 8.06. The predicted molar refractivity (Wildman–Crippen MR) is 90.0 cm³/mol. The van der Waals surface area contributed by atoms with Crippen LogP contribution in [0.15, 0.2) is 46.9 Å². The molecule has 0 aromatic heterocycles. The molecule has 6 heteroatoms. The van der Waals surface area contributed by atoms with Gasteiger partial charge in [0, 0.05) is 9.50 Å². The van der Waals surface area contributed by atoms with E-state index in [-0.39, 0.29) is 5.91 Å². The number of benzene rings is 2. The Morgan fingerprint density at radius 1 is 1.18 bits per heavy atom. The van der Waals surface area contributed by atoms with Gasteiger partial charge in [-0.1, -0.05) is 11.6 Å². The Kier molecular flexibility index (Phi) is 6.10. The number of carbonyl (C=O) groups excluding carboxylic acids is 1. The second-order valence-electron chi connectivity index (χ2n) is 4.40. The van der Waals surface area contributed by atoms with Crippen molar-refractivity contribution >= 4 is 33.4 Å². The molecule has 0 bridgehead atoms. The van der Waals surface area contributed by atoms with E-state index in [4.69, 9.17) is 21.1 Å². The molecule has 22 heavy (non-hydrogen) atoms. The van der Waals surface area contributed by atoms with Gasteiger partial charge in [-0.25, -0.2) is 0 Å². The highest BCUT2D eigenvalue weighted by Gasteiger charge is 2.10. The molecule has 0 saturated carbocycles. The summed E-state index contributed by atoms with van der Waals surface area (Å²) >= 11 is 9.15. The van der Waals surface area contributed by atoms with E-state index >= 15 is 0 Å². The van der Waals surface area contributed by atoms with Gasteiger partial charge in [0.1, 0.15) is 18.1 Å². The lowest BCUT2D eigenvalue weighted by atomic mass is 10.2. The summed E-state index contributed by atoms with van der Waals surface area (Å²) in [5.41, 5.74) is 0.519. The maximum absolute atomic E-state index is 12.1. The van der Waals surface area contributed by atoms with Gasteiger partial charge in [-0.15, -0.1) is 0 Å². The van der Waals surface area contributed by atoms with Gasteiger partial charge in [0.15, 0.2) is 0 Å². The van der Waals surface area contributed by atoms with Gasteiger partial charge in [0.25, 0.3) is 5.91 Å². The lowest BCUT2D eigenvalue weighted by molar-refractivity contribution is 0.0946. The Hall–Kier alpha value is -1.72. The third-order valence-corrected chi connectivity index (χ3v) is 3.83. The summed E-state index contributed by atoms with van der Waals surface area (Å²) in [7, 11) is 1.56. The molecule has 2 aromatic carbocycles. The van der Waals surface area contributed by atoms with Crippen LogP contribution >= 0.6 is 27.5 Å². The van der Waals surface area contributed by atoms with Crippen molar-refractivity contribution < 1.29 is 14.3 Å². The minimum Gasteiger partial charge on any atom is -0.497 e. The summed E-state index contributed by atoms with van der Waals surface area (Å²) in [4.78, 5) is 12.1. The maximum Gasteiger partial charge on any atom is 0.252 e. The Morgan fingerprint density at radius 2 is 1.86 bits per heavy atom. The maximum atomic E-state index is 12.1. The van der Waals surface area contributed by atoms with E-state index in [2.05, 4.69) is 21.2 Å². The van der Waals surface area contributed by atoms with E-state index in [0.29, 0.717) is 39.7 Å². The quantitative estimate of drug-likeness (QED) is 0.768. The number of carbonyl (C=O) groups is 1. The van der Waals surface area contributed by atoms with Crippen LogP contribution in [0.2, 0.25) is 5.02 Å². The van der Waals surface area contributed by atoms with Crippen LogP contribution in [0, 0.1) is 0 Å². The van der Waals surface area contributed by atoms with Gasteiger partial charge < -0.3 is 14.8 Å². The number of rotatable bonds is 6. The lowest BCUT2D eigenvalue weighted by Gasteiger charge is -2.10. The van der Waals surface area contributed by atoms with Gasteiger partial charge in [0.05, 0.1) is 19.2 Å². The topological polar surface area (TPSA) is 47.6 Å². The average Bonchev–Trinajstić information content (AvgIpc) is 2.53. The van der Waals surface area contributed by atoms with Crippen molar-refractivity contribution in [1.29, 1.82) is 0 Å². The molecule has 2 aromatic rings. The molecule has 0 atom stereocenters. The number of hydrogen-bond acceptors (Lipinski definition) is 3. The second-order valence-corrected chi connectivity index (χ2v) is 5.69. The highest BCUT2D eigenvalue weighted by Crippen LogP contribution is 2.22. The van der Waals surface area contributed by atoms with Crippen molar-refractivity contribution in [2.45, 2.75) is 0 Å². The molecule has 1 amide bonds. The third kappa shape index (κ3) is 4.64. The van der Waals surface area contributed by atoms with Crippen LogP contribution in [0.5, 0.6) is 11.5 Å². The molecule has 4 nitrogen and oxygen atoms in total. The standard InChI is InChI=1S/C16H15BrClNO3/c1-21-13-6-7-15(17)14(10-13)16(20)19-8-9-22-12-4-2-11(18)3-5-12/h2-7,10H,8-9H2,1H3,(H,19,20). The zero-order chi connectivity index (χ0) is 15.9. The summed E-state index contributed by atoms with van der Waals surface area (Å²) in [6.07, 6.45) is 0. The normalized spacial score (nSPS) is 10.1. The molecule has 0 aliphatic rings. The fraction of sp³-hybridized carbons (Fsp3) is 0.188. The first-order chi connectivity index (χ1) is 10.6. The zero-order valence-electron chi connectivity index (χ0n) is 11.9. The molecule has 0 fully saturated rings. The van der Waals surface area contributed by atoms with Crippen LogP contribution < -0.4 is 14.8 Å². The summed E-state index contributed by atoms with van der Waals surface area (Å²) in [6.45, 7) is 0.764. The van der Waals surface area contributed by atoms with Crippen molar-refractivity contribution in [2.24, 2.45) is 0 Å². The molecule has 1 N–H and O–H groups in total. The summed E-state index contributed by atoms with van der Waals surface area (Å²) in [5.74, 6) is 1.15. The molecule has 0 heterocycles. The Morgan fingerprint density at radius 3 is 2.55 bits per heavy atom. The zero-order valence-corrected chi connectivity index (χ0v) is 14.3. The summed E-state index contributed by atoms with van der Waals surface area (Å²) < 4.78 is 11.3. The summed E-state index contributed by atoms with van der Waals surface area (Å²) in [6, 6.07) is 12.3. The molecule has 0 saturated heterocycles. The largest absolute Gasteiger partial charge is 0.497 e. The molecular weight excluding hydrogens is 370 g/mol. The number of ether oxygens (including phenoxy) is 2. The number of methoxy groups -OCH3 is 1. The fourth-order valence-corrected chi connectivity index (χ4v) is 2.32. The van der Waals surface area contributed by atoms with Gasteiger partial charge in [-0.3, -0.25) is 4.79 Å². The monoisotopic (exact) mass is 383 g/mol. The van der Waals surface area contributed by atoms with E-state index in [1.165, 1.54) is 0 Å². The highest BCUT2D eigenvalue weighted by molar-refractivity contribution is 9.10. The fourth-order valence-electron chi connectivity index (χ4n) is 1.76. The molecule has 0 radical (unpaired) electrons. The van der Waals surface area contributed by atoms with Crippen LogP contribution in [0.25, 0.3) is 0 Å². The van der Waals surface area contributed by atoms with Gasteiger partial charge in [-0.05, 0) is 58.4 Å². The Bertz CT molecular complexity index is 646. The van der Waals surface area contributed by atoms with Crippen molar-refractivity contribution in [1.82, 2.24) is 5.32 Å². The number of hydrogen-bond donors (Lipinski definition) is 1. The van der Waals surface area contributed by atoms with Crippen molar-refractivity contribution in [3.05, 3.63) is 57.5 Å². The van der Waals surface area contributed by atoms with E-state index in [0.717, 1.165) is 0 Å². The first-order valence-electron chi connectivity index (χ1n) is 6.60. The van der Waals surface area contributed by atoms with Gasteiger partial charge >= 0.3 is 0 Å². The van der Waals surface area contributed by atoms with Crippen LogP contribution in [0.1, 0.15) is 10.4 Å². The van der Waals surface area contributed by atoms with E-state index in [1.54, 1.807) is 49.6 Å². The molecule has 116 valence electrons. The average molecular weight is 385 g/mol. The van der Waals surface area contributed by atoms with Crippen LogP contribution in [0.4, 0.5) is 0 Å². The minimum absolute atomic E-state index is 0.189. The molecular formula is C16H15BrClNO3. The van der Waals surface area contributed by atoms with Gasteiger partial charge in [0.2, 0.25) is 0 Å². The number of nitrogens with one attached hydrogen (secondary N) is 1. The molecule has 0 aliphatic heterocycles. The van der Waals surface area contributed by atoms with E-state index in [1.807, 2.05) is 0 Å². The molecule has 0 unspecified atom stereocenters. The Balaban J connectivity index is 1.84. The SMILES string of the molecule is COc1ccc(Br)c(C(=O)NCCOc2ccc(Cl)cc2)c1. The smallest absolute Gasteiger partial charge is 0.252 e. The Labute approximate surface area is 142 Å².